The fourth-order valence-electron chi connectivity index (χ4n) is 2.49. The molecule has 146 valence electrons. The summed E-state index contributed by atoms with van der Waals surface area (Å²) in [5, 5.41) is 6.01. The van der Waals surface area contributed by atoms with Gasteiger partial charge >= 0.3 is 0 Å². The molecule has 0 atom stereocenters. The number of nitrogens with two attached hydrogens (primary N) is 1. The molecule has 0 saturated carbocycles. The lowest BCUT2D eigenvalue weighted by molar-refractivity contribution is 0.596. The number of halogens is 2. The topological polar surface area (TPSA) is 106 Å². The van der Waals surface area contributed by atoms with E-state index in [1.54, 1.807) is 30.3 Å². The third kappa shape index (κ3) is 4.65. The molecule has 0 aliphatic heterocycles. The molecule has 0 unspecified atom stereocenters. The lowest BCUT2D eigenvalue weighted by Gasteiger charge is -2.10. The van der Waals surface area contributed by atoms with Gasteiger partial charge in [-0.15, -0.1) is 0 Å². The highest BCUT2D eigenvalue weighted by Gasteiger charge is 2.16. The fraction of sp³-hybridized carbons (Fsp3) is 0. The molecule has 28 heavy (non-hydrogen) atoms. The van der Waals surface area contributed by atoms with Crippen LogP contribution in [0.5, 0.6) is 0 Å². The average molecular weight is 457 g/mol. The molecule has 0 radical (unpaired) electrons. The maximum absolute atomic E-state index is 12.6. The van der Waals surface area contributed by atoms with Crippen LogP contribution in [0.4, 0.5) is 5.69 Å². The minimum atomic E-state index is -3.95. The third-order valence-corrected chi connectivity index (χ3v) is 6.68. The molecule has 3 N–H and O–H groups in total. The lowest BCUT2D eigenvalue weighted by atomic mass is 10.1. The molecule has 0 aliphatic carbocycles. The Morgan fingerprint density at radius 2 is 1.46 bits per heavy atom. The molecule has 0 fully saturated rings. The van der Waals surface area contributed by atoms with Crippen molar-refractivity contribution in [2.45, 2.75) is 9.79 Å². The van der Waals surface area contributed by atoms with Crippen LogP contribution in [-0.2, 0) is 20.0 Å². The molecular weight excluding hydrogens is 443 g/mol. The summed E-state index contributed by atoms with van der Waals surface area (Å²) in [4.78, 5) is -0.192. The molecule has 3 aromatic rings. The number of nitrogens with one attached hydrogen (secondary N) is 1. The molecule has 6 nitrogen and oxygen atoms in total. The van der Waals surface area contributed by atoms with Crippen molar-refractivity contribution in [1.29, 1.82) is 0 Å². The first-order valence-electron chi connectivity index (χ1n) is 7.77. The Hall–Kier alpha value is -2.10. The van der Waals surface area contributed by atoms with Crippen LogP contribution in [0.3, 0.4) is 0 Å². The first-order chi connectivity index (χ1) is 13.1. The fourth-order valence-corrected chi connectivity index (χ4v) is 4.61. The predicted molar refractivity (Wildman–Crippen MR) is 111 cm³/mol. The number of benzene rings is 3. The number of hydrogen-bond acceptors (Lipinski definition) is 4. The third-order valence-electron chi connectivity index (χ3n) is 3.82. The Morgan fingerprint density at radius 3 is 2.07 bits per heavy atom. The van der Waals surface area contributed by atoms with Gasteiger partial charge in [-0.2, -0.15) is 0 Å². The Balaban J connectivity index is 1.89. The number of sulfonamides is 2. The second kappa shape index (κ2) is 7.73. The van der Waals surface area contributed by atoms with E-state index < -0.39 is 20.0 Å². The van der Waals surface area contributed by atoms with E-state index in [1.807, 2.05) is 0 Å². The van der Waals surface area contributed by atoms with Crippen LogP contribution in [0.15, 0.2) is 76.5 Å². The summed E-state index contributed by atoms with van der Waals surface area (Å²) in [6.07, 6.45) is 0. The van der Waals surface area contributed by atoms with Crippen molar-refractivity contribution >= 4 is 48.9 Å². The second-order valence-electron chi connectivity index (χ2n) is 5.83. The van der Waals surface area contributed by atoms with Gasteiger partial charge in [0.05, 0.1) is 15.5 Å². The van der Waals surface area contributed by atoms with Crippen molar-refractivity contribution in [2.24, 2.45) is 5.14 Å². The summed E-state index contributed by atoms with van der Waals surface area (Å²) < 4.78 is 50.4. The van der Waals surface area contributed by atoms with E-state index in [1.165, 1.54) is 30.3 Å². The summed E-state index contributed by atoms with van der Waals surface area (Å²) in [6.45, 7) is 0. The molecule has 3 rings (SSSR count). The van der Waals surface area contributed by atoms with E-state index in [-0.39, 0.29) is 15.5 Å². The van der Waals surface area contributed by atoms with Crippen molar-refractivity contribution in [2.75, 3.05) is 4.72 Å². The van der Waals surface area contributed by atoms with Crippen LogP contribution in [-0.4, -0.2) is 16.8 Å². The van der Waals surface area contributed by atoms with Gasteiger partial charge in [0.25, 0.3) is 10.0 Å². The summed E-state index contributed by atoms with van der Waals surface area (Å²) in [5.41, 5.74) is 1.51. The van der Waals surface area contributed by atoms with Gasteiger partial charge in [0, 0.05) is 15.6 Å². The van der Waals surface area contributed by atoms with Crippen LogP contribution in [0, 0.1) is 0 Å². The van der Waals surface area contributed by atoms with Crippen LogP contribution in [0.25, 0.3) is 11.1 Å². The number of rotatable bonds is 5. The molecular formula is C18H14Cl2N2O4S2. The standard InChI is InChI=1S/C18H14Cl2N2O4S2/c19-13-6-9-17(18(20)10-13)12-4-7-15(8-5-12)28(25,26)22-14-2-1-3-16(11-14)27(21,23)24/h1-11,22H,(H2,21,23,24). The minimum absolute atomic E-state index is 0.00217. The quantitative estimate of drug-likeness (QED) is 0.601. The zero-order valence-corrected chi connectivity index (χ0v) is 17.3. The zero-order valence-electron chi connectivity index (χ0n) is 14.1. The van der Waals surface area contributed by atoms with E-state index in [4.69, 9.17) is 28.3 Å². The molecule has 3 aromatic carbocycles. The highest BCUT2D eigenvalue weighted by molar-refractivity contribution is 7.92. The summed E-state index contributed by atoms with van der Waals surface area (Å²) in [5.74, 6) is 0. The molecule has 0 spiro atoms. The van der Waals surface area contributed by atoms with Crippen LogP contribution in [0.2, 0.25) is 10.0 Å². The zero-order chi connectivity index (χ0) is 20.5. The molecule has 0 amide bonds. The minimum Gasteiger partial charge on any atom is -0.280 e. The first kappa shape index (κ1) is 20.6. The number of primary sulfonamides is 1. The Kier molecular flexibility index (Phi) is 5.69. The molecule has 10 heteroatoms. The second-order valence-corrected chi connectivity index (χ2v) is 9.91. The molecule has 0 saturated heterocycles. The van der Waals surface area contributed by atoms with Gasteiger partial charge in [-0.1, -0.05) is 47.5 Å². The largest absolute Gasteiger partial charge is 0.280 e. The molecule has 0 heterocycles. The van der Waals surface area contributed by atoms with Crippen molar-refractivity contribution in [3.05, 3.63) is 76.8 Å². The normalized spacial score (nSPS) is 12.0. The smallest absolute Gasteiger partial charge is 0.261 e. The van der Waals surface area contributed by atoms with Crippen LogP contribution >= 0.6 is 23.2 Å². The molecule has 0 aliphatic rings. The van der Waals surface area contributed by atoms with E-state index in [2.05, 4.69) is 4.72 Å². The molecule has 0 bridgehead atoms. The first-order valence-corrected chi connectivity index (χ1v) is 11.6. The monoisotopic (exact) mass is 456 g/mol. The lowest BCUT2D eigenvalue weighted by Crippen LogP contribution is -2.15. The van der Waals surface area contributed by atoms with Gasteiger partial charge in [-0.05, 0) is 48.0 Å². The van der Waals surface area contributed by atoms with E-state index in [0.29, 0.717) is 15.6 Å². The van der Waals surface area contributed by atoms with Crippen molar-refractivity contribution < 1.29 is 16.8 Å². The van der Waals surface area contributed by atoms with Crippen molar-refractivity contribution in [1.82, 2.24) is 0 Å². The Morgan fingerprint density at radius 1 is 0.786 bits per heavy atom. The number of hydrogen-bond donors (Lipinski definition) is 2. The number of anilines is 1. The maximum Gasteiger partial charge on any atom is 0.261 e. The SMILES string of the molecule is NS(=O)(=O)c1cccc(NS(=O)(=O)c2ccc(-c3ccc(Cl)cc3Cl)cc2)c1. The van der Waals surface area contributed by atoms with Gasteiger partial charge in [-0.3, -0.25) is 4.72 Å². The average Bonchev–Trinajstić information content (AvgIpc) is 2.61. The van der Waals surface area contributed by atoms with Crippen molar-refractivity contribution in [3.63, 3.8) is 0 Å². The van der Waals surface area contributed by atoms with Gasteiger partial charge in [0.1, 0.15) is 0 Å². The summed E-state index contributed by atoms with van der Waals surface area (Å²) in [7, 11) is -7.88. The van der Waals surface area contributed by atoms with Crippen molar-refractivity contribution in [3.8, 4) is 11.1 Å². The van der Waals surface area contributed by atoms with E-state index in [9.17, 15) is 16.8 Å². The van der Waals surface area contributed by atoms with Crippen LogP contribution < -0.4 is 9.86 Å². The highest BCUT2D eigenvalue weighted by atomic mass is 35.5. The Bertz CT molecular complexity index is 1240. The summed E-state index contributed by atoms with van der Waals surface area (Å²) >= 11 is 12.1. The molecule has 0 aromatic heterocycles. The Labute approximate surface area is 173 Å². The van der Waals surface area contributed by atoms with Gasteiger partial charge in [0.15, 0.2) is 0 Å². The van der Waals surface area contributed by atoms with Gasteiger partial charge < -0.3 is 0 Å². The van der Waals surface area contributed by atoms with E-state index in [0.717, 1.165) is 11.6 Å². The summed E-state index contributed by atoms with van der Waals surface area (Å²) in [6, 6.07) is 16.3. The van der Waals surface area contributed by atoms with E-state index >= 15 is 0 Å². The predicted octanol–water partition coefficient (Wildman–Crippen LogP) is 4.11. The van der Waals surface area contributed by atoms with Gasteiger partial charge in [0.2, 0.25) is 10.0 Å². The maximum atomic E-state index is 12.6. The van der Waals surface area contributed by atoms with Gasteiger partial charge in [-0.25, -0.2) is 22.0 Å². The highest BCUT2D eigenvalue weighted by Crippen LogP contribution is 2.31. The van der Waals surface area contributed by atoms with Crippen LogP contribution in [0.1, 0.15) is 0 Å².